The second kappa shape index (κ2) is 8.51. The molecular formula is C17H23Cl2N3O2. The summed E-state index contributed by atoms with van der Waals surface area (Å²) in [6, 6.07) is 7.28. The third-order valence-corrected chi connectivity index (χ3v) is 4.43. The Hall–Kier alpha value is -1.56. The number of amides is 1. The first kappa shape index (κ1) is 20.5. The van der Waals surface area contributed by atoms with Gasteiger partial charge in [0.15, 0.2) is 5.76 Å². The van der Waals surface area contributed by atoms with Crippen LogP contribution in [0, 0.1) is 6.92 Å². The summed E-state index contributed by atoms with van der Waals surface area (Å²) < 4.78 is 5.34. The number of pyridine rings is 1. The van der Waals surface area contributed by atoms with Gasteiger partial charge in [-0.1, -0.05) is 12.8 Å². The monoisotopic (exact) mass is 371 g/mol. The van der Waals surface area contributed by atoms with E-state index in [0.29, 0.717) is 23.6 Å². The Kier molecular flexibility index (Phi) is 7.27. The van der Waals surface area contributed by atoms with Gasteiger partial charge in [-0.2, -0.15) is 0 Å². The van der Waals surface area contributed by atoms with Crippen LogP contribution in [0.1, 0.15) is 41.7 Å². The van der Waals surface area contributed by atoms with E-state index in [2.05, 4.69) is 10.3 Å². The lowest BCUT2D eigenvalue weighted by atomic mass is 9.97. The molecule has 0 atom stereocenters. The van der Waals surface area contributed by atoms with Crippen LogP contribution in [0.4, 0.5) is 0 Å². The van der Waals surface area contributed by atoms with Gasteiger partial charge in [0.1, 0.15) is 5.69 Å². The van der Waals surface area contributed by atoms with Crippen LogP contribution in [-0.4, -0.2) is 23.0 Å². The van der Waals surface area contributed by atoms with Gasteiger partial charge in [0, 0.05) is 6.54 Å². The van der Waals surface area contributed by atoms with Crippen molar-refractivity contribution >= 4 is 30.7 Å². The molecule has 0 spiro atoms. The second-order valence-corrected chi connectivity index (χ2v) is 5.95. The van der Waals surface area contributed by atoms with Crippen LogP contribution in [-0.2, 0) is 0 Å². The predicted octanol–water partition coefficient (Wildman–Crippen LogP) is 3.49. The summed E-state index contributed by atoms with van der Waals surface area (Å²) >= 11 is 0. The molecule has 0 aromatic carbocycles. The minimum absolute atomic E-state index is 0. The van der Waals surface area contributed by atoms with Crippen LogP contribution in [0.2, 0.25) is 0 Å². The maximum absolute atomic E-state index is 12.6. The standard InChI is InChI=1S/C17H21N3O2.2ClH/c1-12-13(6-7-14(19-12)15-5-4-10-22-15)16(21)20-17(11-18)8-2-3-9-17;;/h4-7,10H,2-3,8-9,11,18H2,1H3,(H,20,21);2*1H. The van der Waals surface area contributed by atoms with Crippen LogP contribution >= 0.6 is 24.8 Å². The van der Waals surface area contributed by atoms with Crippen molar-refractivity contribution in [3.8, 4) is 11.5 Å². The summed E-state index contributed by atoms with van der Waals surface area (Å²) in [4.78, 5) is 17.0. The summed E-state index contributed by atoms with van der Waals surface area (Å²) in [5, 5.41) is 3.13. The summed E-state index contributed by atoms with van der Waals surface area (Å²) in [5.41, 5.74) is 7.65. The van der Waals surface area contributed by atoms with E-state index in [1.165, 1.54) is 0 Å². The molecule has 1 amide bonds. The Balaban J connectivity index is 0.00000144. The van der Waals surface area contributed by atoms with E-state index < -0.39 is 0 Å². The first-order chi connectivity index (χ1) is 10.6. The number of carbonyl (C=O) groups excluding carboxylic acids is 1. The Morgan fingerprint density at radius 1 is 1.29 bits per heavy atom. The number of nitrogens with one attached hydrogen (secondary N) is 1. The van der Waals surface area contributed by atoms with Gasteiger partial charge in [-0.25, -0.2) is 4.98 Å². The Morgan fingerprint density at radius 3 is 2.54 bits per heavy atom. The molecule has 1 saturated carbocycles. The molecule has 0 unspecified atom stereocenters. The molecule has 1 fully saturated rings. The van der Waals surface area contributed by atoms with E-state index in [1.807, 2.05) is 25.1 Å². The van der Waals surface area contributed by atoms with Gasteiger partial charge in [-0.15, -0.1) is 24.8 Å². The maximum atomic E-state index is 12.6. The smallest absolute Gasteiger partial charge is 0.253 e. The van der Waals surface area contributed by atoms with Gasteiger partial charge in [-0.3, -0.25) is 4.79 Å². The van der Waals surface area contributed by atoms with Crippen molar-refractivity contribution in [2.75, 3.05) is 6.54 Å². The van der Waals surface area contributed by atoms with Crippen molar-refractivity contribution in [2.24, 2.45) is 5.73 Å². The molecule has 0 aliphatic heterocycles. The van der Waals surface area contributed by atoms with E-state index >= 15 is 0 Å². The highest BCUT2D eigenvalue weighted by Crippen LogP contribution is 2.29. The third kappa shape index (κ3) is 4.09. The van der Waals surface area contributed by atoms with Crippen molar-refractivity contribution in [3.63, 3.8) is 0 Å². The molecule has 3 rings (SSSR count). The zero-order valence-corrected chi connectivity index (χ0v) is 15.2. The van der Waals surface area contributed by atoms with Gasteiger partial charge >= 0.3 is 0 Å². The zero-order chi connectivity index (χ0) is 15.6. The van der Waals surface area contributed by atoms with Gasteiger partial charge in [0.05, 0.1) is 23.1 Å². The molecule has 5 nitrogen and oxygen atoms in total. The third-order valence-electron chi connectivity index (χ3n) is 4.43. The Labute approximate surface area is 154 Å². The van der Waals surface area contributed by atoms with Gasteiger partial charge in [-0.05, 0) is 44.0 Å². The molecule has 1 aliphatic rings. The fourth-order valence-electron chi connectivity index (χ4n) is 3.10. The molecule has 132 valence electrons. The lowest BCUT2D eigenvalue weighted by Gasteiger charge is -2.29. The summed E-state index contributed by atoms with van der Waals surface area (Å²) in [5.74, 6) is 0.604. The number of aryl methyl sites for hydroxylation is 1. The highest BCUT2D eigenvalue weighted by atomic mass is 35.5. The van der Waals surface area contributed by atoms with E-state index in [4.69, 9.17) is 10.2 Å². The topological polar surface area (TPSA) is 81.2 Å². The second-order valence-electron chi connectivity index (χ2n) is 5.95. The molecule has 7 heteroatoms. The van der Waals surface area contributed by atoms with E-state index in [9.17, 15) is 4.79 Å². The van der Waals surface area contributed by atoms with Crippen molar-refractivity contribution in [1.29, 1.82) is 0 Å². The minimum atomic E-state index is -0.247. The normalized spacial score (nSPS) is 15.2. The van der Waals surface area contributed by atoms with E-state index in [1.54, 1.807) is 12.3 Å². The Morgan fingerprint density at radius 2 is 2.00 bits per heavy atom. The molecule has 0 bridgehead atoms. The summed E-state index contributed by atoms with van der Waals surface area (Å²) in [7, 11) is 0. The molecule has 1 aliphatic carbocycles. The van der Waals surface area contributed by atoms with E-state index in [0.717, 1.165) is 31.4 Å². The van der Waals surface area contributed by atoms with Crippen molar-refractivity contribution in [2.45, 2.75) is 38.1 Å². The highest BCUT2D eigenvalue weighted by Gasteiger charge is 2.34. The molecule has 3 N–H and O–H groups in total. The van der Waals surface area contributed by atoms with Crippen molar-refractivity contribution < 1.29 is 9.21 Å². The summed E-state index contributed by atoms with van der Waals surface area (Å²) in [6.07, 6.45) is 5.74. The lowest BCUT2D eigenvalue weighted by Crippen LogP contribution is -2.51. The average molecular weight is 372 g/mol. The van der Waals surface area contributed by atoms with Crippen LogP contribution in [0.5, 0.6) is 0 Å². The van der Waals surface area contributed by atoms with Crippen LogP contribution in [0.15, 0.2) is 34.9 Å². The molecule has 2 heterocycles. The average Bonchev–Trinajstić information content (AvgIpc) is 3.19. The number of carbonyl (C=O) groups is 1. The number of nitrogens with zero attached hydrogens (tertiary/aromatic N) is 1. The predicted molar refractivity (Wildman–Crippen MR) is 98.9 cm³/mol. The number of furan rings is 1. The van der Waals surface area contributed by atoms with Gasteiger partial charge in [0.2, 0.25) is 0 Å². The molecule has 2 aromatic rings. The van der Waals surface area contributed by atoms with Crippen LogP contribution in [0.3, 0.4) is 0 Å². The molecule has 0 saturated heterocycles. The lowest BCUT2D eigenvalue weighted by molar-refractivity contribution is 0.0902. The quantitative estimate of drug-likeness (QED) is 0.861. The number of nitrogens with two attached hydrogens (primary N) is 1. The molecule has 2 aromatic heterocycles. The largest absolute Gasteiger partial charge is 0.463 e. The van der Waals surface area contributed by atoms with Crippen molar-refractivity contribution in [3.05, 3.63) is 41.8 Å². The highest BCUT2D eigenvalue weighted by molar-refractivity contribution is 5.96. The number of aromatic nitrogens is 1. The SMILES string of the molecule is Cc1nc(-c2ccco2)ccc1C(=O)NC1(CN)CCCC1.Cl.Cl. The van der Waals surface area contributed by atoms with E-state index in [-0.39, 0.29) is 36.3 Å². The van der Waals surface area contributed by atoms with Crippen molar-refractivity contribution in [1.82, 2.24) is 10.3 Å². The first-order valence-electron chi connectivity index (χ1n) is 7.68. The van der Waals surface area contributed by atoms with Crippen LogP contribution < -0.4 is 11.1 Å². The summed E-state index contributed by atoms with van der Waals surface area (Å²) in [6.45, 7) is 2.32. The number of rotatable bonds is 4. The number of hydrogen-bond acceptors (Lipinski definition) is 4. The molecular weight excluding hydrogens is 349 g/mol. The maximum Gasteiger partial charge on any atom is 0.253 e. The van der Waals surface area contributed by atoms with Gasteiger partial charge < -0.3 is 15.5 Å². The first-order valence-corrected chi connectivity index (χ1v) is 7.68. The van der Waals surface area contributed by atoms with Gasteiger partial charge in [0.25, 0.3) is 5.91 Å². The van der Waals surface area contributed by atoms with Crippen LogP contribution in [0.25, 0.3) is 11.5 Å². The number of hydrogen-bond donors (Lipinski definition) is 2. The fourth-order valence-corrected chi connectivity index (χ4v) is 3.10. The Bertz CT molecular complexity index is 668. The molecule has 24 heavy (non-hydrogen) atoms. The molecule has 0 radical (unpaired) electrons. The fraction of sp³-hybridized carbons (Fsp3) is 0.412. The number of halogens is 2. The minimum Gasteiger partial charge on any atom is -0.463 e. The zero-order valence-electron chi connectivity index (χ0n) is 13.6.